The van der Waals surface area contributed by atoms with Crippen molar-refractivity contribution < 1.29 is 0 Å². The molecule has 0 aliphatic heterocycles. The summed E-state index contributed by atoms with van der Waals surface area (Å²) in [4.78, 5) is 0. The van der Waals surface area contributed by atoms with Crippen LogP contribution in [0.1, 0.15) is 11.3 Å². The van der Waals surface area contributed by atoms with E-state index in [1.807, 2.05) is 19.1 Å². The molecule has 0 aliphatic rings. The molecule has 0 fully saturated rings. The van der Waals surface area contributed by atoms with Crippen LogP contribution in [-0.4, -0.2) is 10.2 Å². The fourth-order valence-corrected chi connectivity index (χ4v) is 2.25. The van der Waals surface area contributed by atoms with E-state index >= 15 is 0 Å². The van der Waals surface area contributed by atoms with Crippen molar-refractivity contribution in [2.75, 3.05) is 5.32 Å². The zero-order chi connectivity index (χ0) is 12.4. The van der Waals surface area contributed by atoms with Crippen LogP contribution in [0.3, 0.4) is 0 Å². The number of aryl methyl sites for hydroxylation is 1. The smallest absolute Gasteiger partial charge is 0.0835 e. The molecule has 0 aliphatic carbocycles. The number of aromatic amines is 1. The summed E-state index contributed by atoms with van der Waals surface area (Å²) >= 11 is 15.5. The van der Waals surface area contributed by atoms with Gasteiger partial charge in [0.25, 0.3) is 0 Å². The third-order valence-corrected chi connectivity index (χ3v) is 4.21. The van der Waals surface area contributed by atoms with E-state index in [1.165, 1.54) is 0 Å². The van der Waals surface area contributed by atoms with Gasteiger partial charge in [-0.1, -0.05) is 23.2 Å². The lowest BCUT2D eigenvalue weighted by molar-refractivity contribution is 1.04. The molecule has 0 saturated carbocycles. The molecule has 0 spiro atoms. The molecule has 1 heterocycles. The van der Waals surface area contributed by atoms with E-state index < -0.39 is 0 Å². The van der Waals surface area contributed by atoms with Gasteiger partial charge in [0, 0.05) is 22.3 Å². The van der Waals surface area contributed by atoms with Crippen LogP contribution >= 0.6 is 39.1 Å². The molecule has 0 bridgehead atoms. The molecular formula is C11H10BrCl2N3. The number of aromatic nitrogens is 2. The zero-order valence-electron chi connectivity index (χ0n) is 9.02. The van der Waals surface area contributed by atoms with Crippen LogP contribution in [0.25, 0.3) is 0 Å². The van der Waals surface area contributed by atoms with E-state index in [0.29, 0.717) is 16.6 Å². The normalized spacial score (nSPS) is 10.6. The lowest BCUT2D eigenvalue weighted by atomic mass is 10.2. The molecule has 2 rings (SSSR count). The summed E-state index contributed by atoms with van der Waals surface area (Å²) in [7, 11) is 0. The molecule has 3 nitrogen and oxygen atoms in total. The summed E-state index contributed by atoms with van der Waals surface area (Å²) in [6.45, 7) is 2.63. The van der Waals surface area contributed by atoms with Crippen molar-refractivity contribution in [3.8, 4) is 0 Å². The van der Waals surface area contributed by atoms with Crippen LogP contribution in [-0.2, 0) is 6.54 Å². The minimum atomic E-state index is 0.514. The predicted octanol–water partition coefficient (Wildman–Crippen LogP) is 4.40. The van der Waals surface area contributed by atoms with Crippen molar-refractivity contribution in [3.63, 3.8) is 0 Å². The van der Waals surface area contributed by atoms with Gasteiger partial charge in [0.05, 0.1) is 21.9 Å². The standard InChI is InChI=1S/C11H10BrCl2N3/c1-6-7(5-16-17-6)4-15-9-3-2-8(12)10(13)11(9)14/h2-3,5,15H,4H2,1H3,(H,16,17). The van der Waals surface area contributed by atoms with Crippen LogP contribution in [0.2, 0.25) is 10.0 Å². The molecule has 0 unspecified atom stereocenters. The average Bonchev–Trinajstić information content (AvgIpc) is 2.71. The van der Waals surface area contributed by atoms with Gasteiger partial charge < -0.3 is 5.32 Å². The Hall–Kier alpha value is -0.710. The number of hydrogen-bond acceptors (Lipinski definition) is 2. The molecule has 1 aromatic carbocycles. The van der Waals surface area contributed by atoms with Crippen molar-refractivity contribution in [2.24, 2.45) is 0 Å². The Bertz CT molecular complexity index is 540. The first-order valence-electron chi connectivity index (χ1n) is 4.96. The second kappa shape index (κ2) is 5.29. The number of nitrogens with zero attached hydrogens (tertiary/aromatic N) is 1. The molecule has 2 N–H and O–H groups in total. The van der Waals surface area contributed by atoms with E-state index in [9.17, 15) is 0 Å². The van der Waals surface area contributed by atoms with Gasteiger partial charge in [-0.05, 0) is 35.0 Å². The molecule has 0 amide bonds. The highest BCUT2D eigenvalue weighted by Gasteiger charge is 2.08. The number of benzene rings is 1. The number of nitrogens with one attached hydrogen (secondary N) is 2. The molecule has 0 radical (unpaired) electrons. The second-order valence-electron chi connectivity index (χ2n) is 3.60. The second-order valence-corrected chi connectivity index (χ2v) is 5.21. The molecule has 17 heavy (non-hydrogen) atoms. The summed E-state index contributed by atoms with van der Waals surface area (Å²) in [5, 5.41) is 11.1. The van der Waals surface area contributed by atoms with Crippen molar-refractivity contribution in [2.45, 2.75) is 13.5 Å². The summed E-state index contributed by atoms with van der Waals surface area (Å²) in [5.74, 6) is 0. The van der Waals surface area contributed by atoms with Crippen molar-refractivity contribution in [1.82, 2.24) is 10.2 Å². The van der Waals surface area contributed by atoms with Crippen LogP contribution in [0.15, 0.2) is 22.8 Å². The first-order valence-corrected chi connectivity index (χ1v) is 6.50. The van der Waals surface area contributed by atoms with Gasteiger partial charge >= 0.3 is 0 Å². The molecule has 2 aromatic rings. The lowest BCUT2D eigenvalue weighted by Crippen LogP contribution is -2.00. The van der Waals surface area contributed by atoms with Crippen LogP contribution in [0.5, 0.6) is 0 Å². The SMILES string of the molecule is Cc1[nH]ncc1CNc1ccc(Br)c(Cl)c1Cl. The van der Waals surface area contributed by atoms with Gasteiger partial charge in [0.15, 0.2) is 0 Å². The maximum absolute atomic E-state index is 6.13. The van der Waals surface area contributed by atoms with Crippen molar-refractivity contribution in [3.05, 3.63) is 44.1 Å². The summed E-state index contributed by atoms with van der Waals surface area (Å²) < 4.78 is 0.786. The quantitative estimate of drug-likeness (QED) is 0.817. The van der Waals surface area contributed by atoms with E-state index in [1.54, 1.807) is 6.20 Å². The lowest BCUT2D eigenvalue weighted by Gasteiger charge is -2.09. The number of H-pyrrole nitrogens is 1. The van der Waals surface area contributed by atoms with E-state index in [2.05, 4.69) is 31.4 Å². The average molecular weight is 335 g/mol. The fourth-order valence-electron chi connectivity index (χ4n) is 1.41. The molecule has 90 valence electrons. The highest BCUT2D eigenvalue weighted by atomic mass is 79.9. The van der Waals surface area contributed by atoms with Crippen LogP contribution < -0.4 is 5.32 Å². The Morgan fingerprint density at radius 2 is 2.12 bits per heavy atom. The fraction of sp³-hybridized carbons (Fsp3) is 0.182. The van der Waals surface area contributed by atoms with Gasteiger partial charge in [0.2, 0.25) is 0 Å². The van der Waals surface area contributed by atoms with Crippen molar-refractivity contribution in [1.29, 1.82) is 0 Å². The summed E-state index contributed by atoms with van der Waals surface area (Å²) in [5.41, 5.74) is 2.94. The molecule has 6 heteroatoms. The molecule has 1 aromatic heterocycles. The molecule has 0 saturated heterocycles. The molecular weight excluding hydrogens is 325 g/mol. The third kappa shape index (κ3) is 2.76. The first-order chi connectivity index (χ1) is 8.09. The Morgan fingerprint density at radius 1 is 1.35 bits per heavy atom. The molecule has 0 atom stereocenters. The monoisotopic (exact) mass is 333 g/mol. The maximum Gasteiger partial charge on any atom is 0.0835 e. The highest BCUT2D eigenvalue weighted by Crippen LogP contribution is 2.35. The third-order valence-electron chi connectivity index (χ3n) is 2.44. The van der Waals surface area contributed by atoms with Crippen LogP contribution in [0, 0.1) is 6.92 Å². The zero-order valence-corrected chi connectivity index (χ0v) is 12.1. The largest absolute Gasteiger partial charge is 0.380 e. The van der Waals surface area contributed by atoms with Gasteiger partial charge in [-0.25, -0.2) is 0 Å². The summed E-state index contributed by atoms with van der Waals surface area (Å²) in [6.07, 6.45) is 1.79. The predicted molar refractivity (Wildman–Crippen MR) is 74.8 cm³/mol. The van der Waals surface area contributed by atoms with E-state index in [0.717, 1.165) is 21.4 Å². The number of hydrogen-bond donors (Lipinski definition) is 2. The van der Waals surface area contributed by atoms with Crippen molar-refractivity contribution >= 4 is 44.8 Å². The minimum Gasteiger partial charge on any atom is -0.380 e. The Kier molecular flexibility index (Phi) is 3.97. The van der Waals surface area contributed by atoms with Gasteiger partial charge in [-0.2, -0.15) is 5.10 Å². The number of anilines is 1. The Morgan fingerprint density at radius 3 is 2.76 bits per heavy atom. The number of rotatable bonds is 3. The van der Waals surface area contributed by atoms with E-state index in [4.69, 9.17) is 23.2 Å². The topological polar surface area (TPSA) is 40.7 Å². The van der Waals surface area contributed by atoms with Gasteiger partial charge in [-0.3, -0.25) is 5.10 Å². The maximum atomic E-state index is 6.13. The minimum absolute atomic E-state index is 0.514. The van der Waals surface area contributed by atoms with Crippen LogP contribution in [0.4, 0.5) is 5.69 Å². The number of halogens is 3. The highest BCUT2D eigenvalue weighted by molar-refractivity contribution is 9.10. The Balaban J connectivity index is 2.15. The first kappa shape index (κ1) is 12.7. The Labute approximate surface area is 118 Å². The van der Waals surface area contributed by atoms with Gasteiger partial charge in [-0.15, -0.1) is 0 Å². The van der Waals surface area contributed by atoms with E-state index in [-0.39, 0.29) is 0 Å². The summed E-state index contributed by atoms with van der Waals surface area (Å²) in [6, 6.07) is 3.74. The van der Waals surface area contributed by atoms with Gasteiger partial charge in [0.1, 0.15) is 0 Å².